The first-order valence-electron chi connectivity index (χ1n) is 15.3. The first kappa shape index (κ1) is 30.8. The van der Waals surface area contributed by atoms with Gasteiger partial charge in [-0.15, -0.1) is 12.6 Å². The molecule has 0 aliphatic carbocycles. The summed E-state index contributed by atoms with van der Waals surface area (Å²) < 4.78 is 2.31. The van der Waals surface area contributed by atoms with Crippen molar-refractivity contribution in [3.8, 4) is 0 Å². The molecule has 218 valence electrons. The summed E-state index contributed by atoms with van der Waals surface area (Å²) in [5, 5.41) is 1.22. The van der Waals surface area contributed by atoms with E-state index < -0.39 is 9.52 Å². The van der Waals surface area contributed by atoms with E-state index in [1.54, 1.807) is 0 Å². The Bertz CT molecular complexity index is 1620. The van der Waals surface area contributed by atoms with E-state index in [1.165, 1.54) is 32.8 Å². The smallest absolute Gasteiger partial charge is 0.233 e. The van der Waals surface area contributed by atoms with Crippen LogP contribution in [0.4, 0.5) is 0 Å². The molecule has 0 saturated carbocycles. The van der Waals surface area contributed by atoms with Crippen molar-refractivity contribution in [2.75, 3.05) is 0 Å². The third kappa shape index (κ3) is 7.10. The molecule has 0 atom stereocenters. The number of benzene rings is 5. The molecule has 1 aromatic heterocycles. The van der Waals surface area contributed by atoms with Crippen molar-refractivity contribution in [2.24, 2.45) is 0 Å². The molecule has 0 radical (unpaired) electrons. The van der Waals surface area contributed by atoms with Gasteiger partial charge in [0.2, 0.25) is 6.71 Å². The van der Waals surface area contributed by atoms with Gasteiger partial charge in [0.1, 0.15) is 0 Å². The van der Waals surface area contributed by atoms with Crippen molar-refractivity contribution in [1.82, 2.24) is 9.55 Å². The molecule has 6 rings (SSSR count). The van der Waals surface area contributed by atoms with Crippen LogP contribution in [0.1, 0.15) is 37.5 Å². The number of rotatable bonds is 8. The van der Waals surface area contributed by atoms with Gasteiger partial charge in [-0.2, -0.15) is 0 Å². The van der Waals surface area contributed by atoms with Gasteiger partial charge in [-0.25, -0.2) is 4.98 Å². The Morgan fingerprint density at radius 3 is 1.45 bits per heavy atom. The molecule has 44 heavy (non-hydrogen) atoms. The van der Waals surface area contributed by atoms with Crippen LogP contribution in [0.3, 0.4) is 0 Å². The van der Waals surface area contributed by atoms with Crippen molar-refractivity contribution in [2.45, 2.75) is 31.3 Å². The van der Waals surface area contributed by atoms with Gasteiger partial charge in [0, 0.05) is 12.4 Å². The second-order valence-corrected chi connectivity index (χ2v) is 14.4. The minimum absolute atomic E-state index is 0.167. The predicted octanol–water partition coefficient (Wildman–Crippen LogP) is 6.45. The normalized spacial score (nSPS) is 11.5. The fourth-order valence-corrected chi connectivity index (χ4v) is 8.19. The number of imidazole rings is 1. The molecule has 0 N–H and O–H groups in total. The molecule has 0 fully saturated rings. The van der Waals surface area contributed by atoms with E-state index in [0.717, 1.165) is 0 Å². The van der Waals surface area contributed by atoms with Crippen LogP contribution >= 0.6 is 0 Å². The van der Waals surface area contributed by atoms with Crippen molar-refractivity contribution in [3.63, 3.8) is 0 Å². The average Bonchev–Trinajstić information content (AvgIpc) is 3.62. The molecular weight excluding hydrogens is 547 g/mol. The lowest BCUT2D eigenvalue weighted by molar-refractivity contribution is 0.590. The summed E-state index contributed by atoms with van der Waals surface area (Å²) in [5.74, 6) is 1.99. The lowest BCUT2D eigenvalue weighted by Gasteiger charge is -2.37. The summed E-state index contributed by atoms with van der Waals surface area (Å²) in [5.41, 5.74) is 6.76. The zero-order chi connectivity index (χ0) is 30.8. The molecule has 0 aliphatic rings. The van der Waals surface area contributed by atoms with Crippen LogP contribution in [0, 0.1) is 0 Å². The fraction of sp³-hybridized carbons (Fsp3) is 0.125. The molecule has 1 heterocycles. The van der Waals surface area contributed by atoms with E-state index in [2.05, 4.69) is 177 Å². The third-order valence-corrected chi connectivity index (χ3v) is 10.9. The third-order valence-electron chi connectivity index (χ3n) is 8.28. The van der Waals surface area contributed by atoms with E-state index >= 15 is 0 Å². The van der Waals surface area contributed by atoms with Gasteiger partial charge in [-0.1, -0.05) is 182 Å². The van der Waals surface area contributed by atoms with Crippen LogP contribution in [-0.4, -0.2) is 25.8 Å². The van der Waals surface area contributed by atoms with Crippen LogP contribution < -0.4 is 16.1 Å². The van der Waals surface area contributed by atoms with Crippen molar-refractivity contribution < 1.29 is 0 Å². The van der Waals surface area contributed by atoms with Crippen LogP contribution in [0.2, 0.25) is 0 Å². The minimum atomic E-state index is -0.807. The molecule has 0 unspecified atom stereocenters. The summed E-state index contributed by atoms with van der Waals surface area (Å²) in [7, 11) is -0.807. The Kier molecular flexibility index (Phi) is 9.93. The Balaban J connectivity index is 0.000000215. The maximum absolute atomic E-state index is 4.41. The van der Waals surface area contributed by atoms with Crippen LogP contribution in [0.25, 0.3) is 0 Å². The number of nitrogens with zero attached hydrogens (tertiary/aromatic N) is 2. The number of hydrogen-bond donors (Lipinski definition) is 0. The lowest BCUT2D eigenvalue weighted by Crippen LogP contribution is -2.46. The van der Waals surface area contributed by atoms with Gasteiger partial charge in [0.25, 0.3) is 0 Å². The van der Waals surface area contributed by atoms with E-state index in [1.807, 2.05) is 30.6 Å². The first-order valence-corrected chi connectivity index (χ1v) is 16.7. The zero-order valence-electron chi connectivity index (χ0n) is 26.1. The van der Waals surface area contributed by atoms with E-state index in [9.17, 15) is 0 Å². The van der Waals surface area contributed by atoms with Gasteiger partial charge in [0.05, 0.1) is 21.0 Å². The van der Waals surface area contributed by atoms with Gasteiger partial charge in [0.15, 0.2) is 0 Å². The fourth-order valence-electron chi connectivity index (χ4n) is 5.88. The largest absolute Gasteiger partial charge is 0.326 e. The highest BCUT2D eigenvalue weighted by molar-refractivity contribution is 6.89. The highest BCUT2D eigenvalue weighted by Crippen LogP contribution is 2.33. The minimum Gasteiger partial charge on any atom is -0.326 e. The summed E-state index contributed by atoms with van der Waals surface area (Å²) in [6.45, 7) is 11.0. The zero-order valence-corrected chi connectivity index (χ0v) is 27.5. The van der Waals surface area contributed by atoms with Crippen molar-refractivity contribution >= 4 is 32.3 Å². The second kappa shape index (κ2) is 14.2. The molecule has 4 heteroatoms. The van der Waals surface area contributed by atoms with E-state index in [4.69, 9.17) is 0 Å². The summed E-state index contributed by atoms with van der Waals surface area (Å²) in [6, 6.07) is 51.9. The quantitative estimate of drug-likeness (QED) is 0.187. The van der Waals surface area contributed by atoms with Crippen LogP contribution in [0.15, 0.2) is 177 Å². The molecule has 0 amide bonds. The second-order valence-electron chi connectivity index (χ2n) is 12.2. The standard InChI is InChI=1S/C26H28N2Si.C14H13B/c1-25(2,3)21-14-16-24(17-15-21)29-26(28-19-18-27-20-28,22-10-6-4-7-11-22)23-12-8-5-9-13-23;1-2-15(13-9-5-3-6-10-13)14-11-7-4-8-12-14/h4-20H,29H2,1-3H3;2-12H,1H2. The average molecular weight is 589 g/mol. The maximum atomic E-state index is 4.41. The Morgan fingerprint density at radius 1 is 0.614 bits per heavy atom. The van der Waals surface area contributed by atoms with E-state index in [-0.39, 0.29) is 10.6 Å². The van der Waals surface area contributed by atoms with Crippen molar-refractivity contribution in [3.05, 3.63) is 194 Å². The summed E-state index contributed by atoms with van der Waals surface area (Å²) in [6.07, 6.45) is 5.96. The predicted molar refractivity (Wildman–Crippen MR) is 193 cm³/mol. The highest BCUT2D eigenvalue weighted by Gasteiger charge is 2.36. The maximum Gasteiger partial charge on any atom is 0.233 e. The molecule has 0 bridgehead atoms. The lowest BCUT2D eigenvalue weighted by atomic mass is 9.41. The number of hydrogen-bond acceptors (Lipinski definition) is 1. The monoisotopic (exact) mass is 588 g/mol. The molecule has 5 aromatic carbocycles. The topological polar surface area (TPSA) is 17.8 Å². The molecule has 0 spiro atoms. The van der Waals surface area contributed by atoms with Crippen molar-refractivity contribution in [1.29, 1.82) is 0 Å². The Morgan fingerprint density at radius 2 is 1.07 bits per heavy atom. The Hall–Kier alpha value is -4.67. The summed E-state index contributed by atoms with van der Waals surface area (Å²) >= 11 is 0. The molecular formula is C40H41BN2Si. The molecule has 0 aliphatic heterocycles. The summed E-state index contributed by atoms with van der Waals surface area (Å²) in [4.78, 5) is 4.41. The SMILES string of the molecule is C=CB(c1ccccc1)c1ccccc1.CC(C)(C)c1ccc([SiH2]C(c2ccccc2)(c2ccccc2)n2ccnc2)cc1. The van der Waals surface area contributed by atoms with Gasteiger partial charge in [-0.3, -0.25) is 0 Å². The van der Waals surface area contributed by atoms with Crippen LogP contribution in [-0.2, 0) is 10.6 Å². The van der Waals surface area contributed by atoms with Crippen LogP contribution in [0.5, 0.6) is 0 Å². The number of aromatic nitrogens is 2. The molecule has 0 saturated heterocycles. The van der Waals surface area contributed by atoms with Gasteiger partial charge in [-0.05, 0) is 22.1 Å². The molecule has 2 nitrogen and oxygen atoms in total. The Labute approximate surface area is 266 Å². The highest BCUT2D eigenvalue weighted by atomic mass is 28.2. The molecule has 6 aromatic rings. The van der Waals surface area contributed by atoms with Gasteiger partial charge >= 0.3 is 0 Å². The first-order chi connectivity index (χ1) is 21.4. The van der Waals surface area contributed by atoms with Gasteiger partial charge < -0.3 is 4.57 Å². The van der Waals surface area contributed by atoms with E-state index in [0.29, 0.717) is 6.71 Å².